The zero-order chi connectivity index (χ0) is 10.4. The Bertz CT molecular complexity index is 262. The Kier molecular flexibility index (Phi) is 5.10. The lowest BCUT2D eigenvalue weighted by molar-refractivity contribution is 0.367. The van der Waals surface area contributed by atoms with Crippen molar-refractivity contribution in [1.29, 1.82) is 0 Å². The highest BCUT2D eigenvalue weighted by Gasteiger charge is 1.96. The third-order valence-corrected chi connectivity index (χ3v) is 2.49. The highest BCUT2D eigenvalue weighted by molar-refractivity contribution is 14.1. The SMILES string of the molecule is CCN(C)CCNc1ncc(I)cn1. The highest BCUT2D eigenvalue weighted by Crippen LogP contribution is 2.02. The van der Waals surface area contributed by atoms with Gasteiger partial charge >= 0.3 is 0 Å². The summed E-state index contributed by atoms with van der Waals surface area (Å²) in [5.74, 6) is 0.704. The Hall–Kier alpha value is -0.430. The van der Waals surface area contributed by atoms with E-state index < -0.39 is 0 Å². The van der Waals surface area contributed by atoms with E-state index >= 15 is 0 Å². The second-order valence-corrected chi connectivity index (χ2v) is 4.29. The fraction of sp³-hybridized carbons (Fsp3) is 0.556. The first kappa shape index (κ1) is 11.6. The molecule has 4 nitrogen and oxygen atoms in total. The first-order chi connectivity index (χ1) is 6.72. The van der Waals surface area contributed by atoms with Crippen LogP contribution in [0.2, 0.25) is 0 Å². The largest absolute Gasteiger partial charge is 0.353 e. The van der Waals surface area contributed by atoms with Gasteiger partial charge in [0.05, 0.1) is 0 Å². The van der Waals surface area contributed by atoms with Crippen LogP contribution in [-0.4, -0.2) is 41.5 Å². The van der Waals surface area contributed by atoms with Crippen LogP contribution < -0.4 is 5.32 Å². The van der Waals surface area contributed by atoms with Crippen LogP contribution in [0.5, 0.6) is 0 Å². The van der Waals surface area contributed by atoms with Crippen LogP contribution in [0, 0.1) is 3.57 Å². The Morgan fingerprint density at radius 1 is 1.43 bits per heavy atom. The van der Waals surface area contributed by atoms with E-state index in [0.29, 0.717) is 5.95 Å². The molecule has 0 spiro atoms. The third kappa shape index (κ3) is 4.19. The van der Waals surface area contributed by atoms with Crippen molar-refractivity contribution in [2.45, 2.75) is 6.92 Å². The van der Waals surface area contributed by atoms with Crippen LogP contribution in [-0.2, 0) is 0 Å². The average Bonchev–Trinajstić information content (AvgIpc) is 2.21. The molecule has 0 bridgehead atoms. The highest BCUT2D eigenvalue weighted by atomic mass is 127. The van der Waals surface area contributed by atoms with Gasteiger partial charge < -0.3 is 10.2 Å². The quantitative estimate of drug-likeness (QED) is 0.836. The third-order valence-electron chi connectivity index (χ3n) is 1.94. The van der Waals surface area contributed by atoms with Gasteiger partial charge in [-0.3, -0.25) is 0 Å². The Labute approximate surface area is 98.3 Å². The molecule has 0 aliphatic carbocycles. The molecule has 1 aromatic rings. The molecule has 0 saturated heterocycles. The second kappa shape index (κ2) is 6.13. The molecule has 5 heteroatoms. The van der Waals surface area contributed by atoms with Crippen molar-refractivity contribution in [3.8, 4) is 0 Å². The van der Waals surface area contributed by atoms with Crippen LogP contribution in [0.4, 0.5) is 5.95 Å². The minimum Gasteiger partial charge on any atom is -0.353 e. The predicted molar refractivity (Wildman–Crippen MR) is 66.4 cm³/mol. The molecule has 14 heavy (non-hydrogen) atoms. The van der Waals surface area contributed by atoms with Gasteiger partial charge in [-0.25, -0.2) is 9.97 Å². The van der Waals surface area contributed by atoms with Gasteiger partial charge in [0.25, 0.3) is 0 Å². The van der Waals surface area contributed by atoms with Crippen molar-refractivity contribution in [2.24, 2.45) is 0 Å². The van der Waals surface area contributed by atoms with Crippen molar-refractivity contribution in [2.75, 3.05) is 32.0 Å². The maximum atomic E-state index is 4.15. The first-order valence-electron chi connectivity index (χ1n) is 4.62. The van der Waals surface area contributed by atoms with Gasteiger partial charge in [0, 0.05) is 29.1 Å². The van der Waals surface area contributed by atoms with Gasteiger partial charge in [0.1, 0.15) is 0 Å². The molecule has 0 aliphatic heterocycles. The summed E-state index contributed by atoms with van der Waals surface area (Å²) in [6, 6.07) is 0. The molecule has 1 N–H and O–H groups in total. The topological polar surface area (TPSA) is 41.0 Å². The number of likely N-dealkylation sites (N-methyl/N-ethyl adjacent to an activating group) is 1. The van der Waals surface area contributed by atoms with Crippen molar-refractivity contribution < 1.29 is 0 Å². The van der Waals surface area contributed by atoms with E-state index in [-0.39, 0.29) is 0 Å². The number of nitrogens with zero attached hydrogens (tertiary/aromatic N) is 3. The molecular weight excluding hydrogens is 291 g/mol. The number of hydrogen-bond donors (Lipinski definition) is 1. The van der Waals surface area contributed by atoms with E-state index in [1.165, 1.54) is 0 Å². The van der Waals surface area contributed by atoms with Crippen LogP contribution >= 0.6 is 22.6 Å². The number of halogens is 1. The summed E-state index contributed by atoms with van der Waals surface area (Å²) >= 11 is 2.19. The zero-order valence-corrected chi connectivity index (χ0v) is 10.7. The minimum atomic E-state index is 0.704. The molecule has 1 rings (SSSR count). The molecule has 0 fully saturated rings. The number of hydrogen-bond acceptors (Lipinski definition) is 4. The van der Waals surface area contributed by atoms with Gasteiger partial charge in [-0.1, -0.05) is 6.92 Å². The summed E-state index contributed by atoms with van der Waals surface area (Å²) in [6.45, 7) is 5.09. The first-order valence-corrected chi connectivity index (χ1v) is 5.70. The molecule has 0 unspecified atom stereocenters. The predicted octanol–water partition coefficient (Wildman–Crippen LogP) is 1.44. The van der Waals surface area contributed by atoms with Gasteiger partial charge in [-0.05, 0) is 36.2 Å². The fourth-order valence-electron chi connectivity index (χ4n) is 0.920. The lowest BCUT2D eigenvalue weighted by Gasteiger charge is -2.13. The Morgan fingerprint density at radius 3 is 2.64 bits per heavy atom. The maximum absolute atomic E-state index is 4.15. The number of anilines is 1. The maximum Gasteiger partial charge on any atom is 0.222 e. The standard InChI is InChI=1S/C9H15IN4/c1-3-14(2)5-4-11-9-12-6-8(10)7-13-9/h6-7H,3-5H2,1-2H3,(H,11,12,13). The number of nitrogens with one attached hydrogen (secondary N) is 1. The Morgan fingerprint density at radius 2 is 2.07 bits per heavy atom. The van der Waals surface area contributed by atoms with E-state index in [4.69, 9.17) is 0 Å². The number of rotatable bonds is 5. The molecule has 0 amide bonds. The monoisotopic (exact) mass is 306 g/mol. The van der Waals surface area contributed by atoms with E-state index in [1.54, 1.807) is 12.4 Å². The molecule has 0 aromatic carbocycles. The molecule has 0 aliphatic rings. The lowest BCUT2D eigenvalue weighted by Crippen LogP contribution is -2.25. The summed E-state index contributed by atoms with van der Waals surface area (Å²) in [5.41, 5.74) is 0. The van der Waals surface area contributed by atoms with Crippen LogP contribution in [0.25, 0.3) is 0 Å². The number of aromatic nitrogens is 2. The second-order valence-electron chi connectivity index (χ2n) is 3.05. The molecule has 0 radical (unpaired) electrons. The van der Waals surface area contributed by atoms with Gasteiger partial charge in [0.15, 0.2) is 0 Å². The molecule has 0 atom stereocenters. The summed E-state index contributed by atoms with van der Waals surface area (Å²) in [6.07, 6.45) is 3.61. The Balaban J connectivity index is 2.28. The molecule has 1 heterocycles. The van der Waals surface area contributed by atoms with E-state index in [2.05, 4.69) is 56.7 Å². The summed E-state index contributed by atoms with van der Waals surface area (Å²) in [5, 5.41) is 3.17. The van der Waals surface area contributed by atoms with E-state index in [9.17, 15) is 0 Å². The summed E-state index contributed by atoms with van der Waals surface area (Å²) in [4.78, 5) is 10.5. The molecule has 78 valence electrons. The van der Waals surface area contributed by atoms with E-state index in [1.807, 2.05) is 0 Å². The summed E-state index contributed by atoms with van der Waals surface area (Å²) in [7, 11) is 2.09. The zero-order valence-electron chi connectivity index (χ0n) is 8.50. The minimum absolute atomic E-state index is 0.704. The smallest absolute Gasteiger partial charge is 0.222 e. The molecular formula is C9H15IN4. The van der Waals surface area contributed by atoms with Crippen molar-refractivity contribution in [3.05, 3.63) is 16.0 Å². The van der Waals surface area contributed by atoms with Gasteiger partial charge in [-0.15, -0.1) is 0 Å². The van der Waals surface area contributed by atoms with Crippen LogP contribution in [0.3, 0.4) is 0 Å². The van der Waals surface area contributed by atoms with Crippen molar-refractivity contribution in [3.63, 3.8) is 0 Å². The van der Waals surface area contributed by atoms with Gasteiger partial charge in [0.2, 0.25) is 5.95 Å². The van der Waals surface area contributed by atoms with Crippen LogP contribution in [0.15, 0.2) is 12.4 Å². The van der Waals surface area contributed by atoms with Gasteiger partial charge in [-0.2, -0.15) is 0 Å². The van der Waals surface area contributed by atoms with Crippen molar-refractivity contribution >= 4 is 28.5 Å². The average molecular weight is 306 g/mol. The van der Waals surface area contributed by atoms with Crippen LogP contribution in [0.1, 0.15) is 6.92 Å². The normalized spacial score (nSPS) is 10.6. The van der Waals surface area contributed by atoms with E-state index in [0.717, 1.165) is 23.2 Å². The lowest BCUT2D eigenvalue weighted by atomic mass is 10.5. The summed E-state index contributed by atoms with van der Waals surface area (Å²) < 4.78 is 1.05. The molecule has 1 aromatic heterocycles. The van der Waals surface area contributed by atoms with Crippen molar-refractivity contribution in [1.82, 2.24) is 14.9 Å². The fourth-order valence-corrected chi connectivity index (χ4v) is 1.20. The molecule has 0 saturated carbocycles.